The van der Waals surface area contributed by atoms with Crippen LogP contribution in [0.2, 0.25) is 0 Å². The molecule has 2 aromatic rings. The number of pyridine rings is 1. The van der Waals surface area contributed by atoms with Crippen molar-refractivity contribution in [2.45, 2.75) is 32.2 Å². The summed E-state index contributed by atoms with van der Waals surface area (Å²) in [6.45, 7) is 4.41. The molecule has 0 unspecified atom stereocenters. The van der Waals surface area contributed by atoms with Gasteiger partial charge in [0, 0.05) is 44.6 Å². The smallest absolute Gasteiger partial charge is 0.255 e. The number of aryl methyl sites for hydroxylation is 2. The molecule has 3 aliphatic rings. The van der Waals surface area contributed by atoms with Gasteiger partial charge in [0.15, 0.2) is 11.5 Å². The lowest BCUT2D eigenvalue weighted by molar-refractivity contribution is 0.0628. The van der Waals surface area contributed by atoms with Gasteiger partial charge in [-0.1, -0.05) is 6.07 Å². The summed E-state index contributed by atoms with van der Waals surface area (Å²) in [6.07, 6.45) is 6.27. The highest BCUT2D eigenvalue weighted by Gasteiger charge is 2.24. The number of fused-ring (bicyclic) bond motifs is 2. The number of ether oxygens (including phenoxy) is 2. The Kier molecular flexibility index (Phi) is 4.64. The van der Waals surface area contributed by atoms with Crippen LogP contribution in [0.4, 0.5) is 0 Å². The van der Waals surface area contributed by atoms with Crippen LogP contribution in [0.1, 0.15) is 40.0 Å². The van der Waals surface area contributed by atoms with E-state index < -0.39 is 0 Å². The highest BCUT2D eigenvalue weighted by atomic mass is 16.7. The maximum absolute atomic E-state index is 12.9. The van der Waals surface area contributed by atoms with Gasteiger partial charge in [0.1, 0.15) is 0 Å². The Morgan fingerprint density at radius 3 is 2.71 bits per heavy atom. The number of carbonyl (C=O) groups excluding carboxylic acids is 1. The first kappa shape index (κ1) is 17.5. The number of aromatic nitrogens is 1. The fourth-order valence-electron chi connectivity index (χ4n) is 4.29. The predicted octanol–water partition coefficient (Wildman–Crippen LogP) is 2.65. The number of carbonyl (C=O) groups is 1. The first-order chi connectivity index (χ1) is 13.8. The van der Waals surface area contributed by atoms with Crippen molar-refractivity contribution in [2.24, 2.45) is 0 Å². The Morgan fingerprint density at radius 2 is 1.82 bits per heavy atom. The van der Waals surface area contributed by atoms with E-state index in [4.69, 9.17) is 9.47 Å². The van der Waals surface area contributed by atoms with Gasteiger partial charge >= 0.3 is 0 Å². The van der Waals surface area contributed by atoms with E-state index in [1.807, 2.05) is 11.0 Å². The molecule has 1 amide bonds. The third-order valence-corrected chi connectivity index (χ3v) is 5.92. The van der Waals surface area contributed by atoms with Gasteiger partial charge in [-0.2, -0.15) is 0 Å². The molecule has 1 fully saturated rings. The summed E-state index contributed by atoms with van der Waals surface area (Å²) in [4.78, 5) is 21.8. The van der Waals surface area contributed by atoms with E-state index in [0.29, 0.717) is 6.79 Å². The first-order valence-corrected chi connectivity index (χ1v) is 10.1. The predicted molar refractivity (Wildman–Crippen MR) is 105 cm³/mol. The molecule has 1 saturated heterocycles. The van der Waals surface area contributed by atoms with Crippen molar-refractivity contribution in [1.29, 1.82) is 0 Å². The average molecular weight is 379 g/mol. The van der Waals surface area contributed by atoms with E-state index in [2.05, 4.69) is 28.1 Å². The zero-order chi connectivity index (χ0) is 18.9. The molecule has 6 heteroatoms. The molecule has 0 spiro atoms. The lowest BCUT2D eigenvalue weighted by Gasteiger charge is -2.35. The van der Waals surface area contributed by atoms with Gasteiger partial charge < -0.3 is 14.4 Å². The minimum absolute atomic E-state index is 0.114. The zero-order valence-electron chi connectivity index (χ0n) is 16.0. The molecule has 3 heterocycles. The largest absolute Gasteiger partial charge is 0.454 e. The molecule has 1 aromatic carbocycles. The molecule has 28 heavy (non-hydrogen) atoms. The quantitative estimate of drug-likeness (QED) is 0.821. The zero-order valence-corrected chi connectivity index (χ0v) is 16.0. The van der Waals surface area contributed by atoms with Crippen molar-refractivity contribution in [1.82, 2.24) is 14.8 Å². The molecule has 0 bridgehead atoms. The van der Waals surface area contributed by atoms with Crippen LogP contribution in [0, 0.1) is 0 Å². The molecule has 1 aromatic heterocycles. The number of rotatable bonds is 3. The number of piperazine rings is 1. The van der Waals surface area contributed by atoms with Crippen LogP contribution in [-0.4, -0.2) is 53.7 Å². The van der Waals surface area contributed by atoms with Crippen molar-refractivity contribution in [2.75, 3.05) is 33.0 Å². The van der Waals surface area contributed by atoms with Crippen LogP contribution in [0.25, 0.3) is 0 Å². The SMILES string of the molecule is O=C(c1cnc2c(c1)CCCC2)N1CCN(Cc2ccc3c(c2)OCO3)CC1. The first-order valence-electron chi connectivity index (χ1n) is 10.1. The van der Waals surface area contributed by atoms with E-state index in [1.165, 1.54) is 29.7 Å². The number of benzene rings is 1. The lowest BCUT2D eigenvalue weighted by Crippen LogP contribution is -2.48. The Balaban J connectivity index is 1.19. The van der Waals surface area contributed by atoms with Crippen LogP contribution < -0.4 is 9.47 Å². The van der Waals surface area contributed by atoms with Crippen LogP contribution in [-0.2, 0) is 19.4 Å². The van der Waals surface area contributed by atoms with Crippen molar-refractivity contribution in [3.63, 3.8) is 0 Å². The van der Waals surface area contributed by atoms with E-state index in [0.717, 1.165) is 62.6 Å². The molecule has 0 saturated carbocycles. The molecule has 0 atom stereocenters. The van der Waals surface area contributed by atoms with Crippen LogP contribution in [0.5, 0.6) is 11.5 Å². The van der Waals surface area contributed by atoms with E-state index in [9.17, 15) is 4.79 Å². The van der Waals surface area contributed by atoms with Crippen molar-refractivity contribution >= 4 is 5.91 Å². The summed E-state index contributed by atoms with van der Waals surface area (Å²) >= 11 is 0. The third-order valence-electron chi connectivity index (χ3n) is 5.92. The third kappa shape index (κ3) is 3.44. The minimum atomic E-state index is 0.114. The summed E-state index contributed by atoms with van der Waals surface area (Å²) in [5, 5.41) is 0. The molecular formula is C22H25N3O3. The van der Waals surface area contributed by atoms with Gasteiger partial charge in [-0.05, 0) is 55.0 Å². The normalized spacial score (nSPS) is 18.8. The topological polar surface area (TPSA) is 54.9 Å². The maximum Gasteiger partial charge on any atom is 0.255 e. The van der Waals surface area contributed by atoms with Crippen molar-refractivity contribution in [3.8, 4) is 11.5 Å². The summed E-state index contributed by atoms with van der Waals surface area (Å²) in [6, 6.07) is 8.19. The van der Waals surface area contributed by atoms with Crippen molar-refractivity contribution < 1.29 is 14.3 Å². The monoisotopic (exact) mass is 379 g/mol. The molecule has 1 aliphatic carbocycles. The summed E-state index contributed by atoms with van der Waals surface area (Å²) in [5.41, 5.74) is 4.39. The average Bonchev–Trinajstić information content (AvgIpc) is 3.21. The van der Waals surface area contributed by atoms with Crippen LogP contribution in [0.15, 0.2) is 30.5 Å². The second-order valence-electron chi connectivity index (χ2n) is 7.79. The molecule has 6 nitrogen and oxygen atoms in total. The van der Waals surface area contributed by atoms with E-state index >= 15 is 0 Å². The molecule has 146 valence electrons. The molecule has 5 rings (SSSR count). The molecular weight excluding hydrogens is 354 g/mol. The second kappa shape index (κ2) is 7.43. The second-order valence-corrected chi connectivity index (χ2v) is 7.79. The minimum Gasteiger partial charge on any atom is -0.454 e. The van der Waals surface area contributed by atoms with Crippen molar-refractivity contribution in [3.05, 3.63) is 52.8 Å². The van der Waals surface area contributed by atoms with Gasteiger partial charge in [-0.25, -0.2) is 0 Å². The number of hydrogen-bond donors (Lipinski definition) is 0. The van der Waals surface area contributed by atoms with Gasteiger partial charge in [0.2, 0.25) is 6.79 Å². The number of amides is 1. The highest BCUT2D eigenvalue weighted by molar-refractivity contribution is 5.94. The Bertz CT molecular complexity index is 891. The summed E-state index contributed by atoms with van der Waals surface area (Å²) < 4.78 is 10.8. The highest BCUT2D eigenvalue weighted by Crippen LogP contribution is 2.33. The molecule has 0 N–H and O–H groups in total. The summed E-state index contributed by atoms with van der Waals surface area (Å²) in [5.74, 6) is 1.76. The fraction of sp³-hybridized carbons (Fsp3) is 0.455. The summed E-state index contributed by atoms with van der Waals surface area (Å²) in [7, 11) is 0. The van der Waals surface area contributed by atoms with Gasteiger partial charge in [0.25, 0.3) is 5.91 Å². The Labute approximate surface area is 165 Å². The van der Waals surface area contributed by atoms with E-state index in [-0.39, 0.29) is 5.91 Å². The standard InChI is InChI=1S/C22H25N3O3/c26-22(18-12-17-3-1-2-4-19(17)23-13-18)25-9-7-24(8-10-25)14-16-5-6-20-21(11-16)28-15-27-20/h5-6,11-13H,1-4,7-10,14-15H2. The number of hydrogen-bond acceptors (Lipinski definition) is 5. The fourth-order valence-corrected chi connectivity index (χ4v) is 4.29. The molecule has 0 radical (unpaired) electrons. The van der Waals surface area contributed by atoms with Crippen LogP contribution >= 0.6 is 0 Å². The maximum atomic E-state index is 12.9. The number of nitrogens with zero attached hydrogens (tertiary/aromatic N) is 3. The van der Waals surface area contributed by atoms with Gasteiger partial charge in [-0.15, -0.1) is 0 Å². The Hall–Kier alpha value is -2.60. The molecule has 2 aliphatic heterocycles. The van der Waals surface area contributed by atoms with E-state index in [1.54, 1.807) is 6.20 Å². The van der Waals surface area contributed by atoms with Gasteiger partial charge in [-0.3, -0.25) is 14.7 Å². The van der Waals surface area contributed by atoms with Crippen LogP contribution in [0.3, 0.4) is 0 Å². The lowest BCUT2D eigenvalue weighted by atomic mass is 9.95. The Morgan fingerprint density at radius 1 is 1.00 bits per heavy atom. The van der Waals surface area contributed by atoms with Gasteiger partial charge in [0.05, 0.1) is 5.56 Å².